The number of rotatable bonds is 3. The van der Waals surface area contributed by atoms with Gasteiger partial charge in [-0.15, -0.1) is 11.6 Å². The Balaban J connectivity index is 2.19. The molecule has 0 aromatic heterocycles. The van der Waals surface area contributed by atoms with Crippen molar-refractivity contribution in [3.8, 4) is 0 Å². The van der Waals surface area contributed by atoms with Crippen LogP contribution in [0.25, 0.3) is 0 Å². The molecule has 0 spiro atoms. The van der Waals surface area contributed by atoms with Gasteiger partial charge in [-0.2, -0.15) is 0 Å². The highest BCUT2D eigenvalue weighted by Crippen LogP contribution is 2.18. The van der Waals surface area contributed by atoms with Gasteiger partial charge in [-0.05, 0) is 26.5 Å². The van der Waals surface area contributed by atoms with Gasteiger partial charge in [0.05, 0.1) is 13.1 Å². The van der Waals surface area contributed by atoms with Gasteiger partial charge in [-0.25, -0.2) is 0 Å². The summed E-state index contributed by atoms with van der Waals surface area (Å²) in [5, 5.41) is -1.30. The molecule has 23 heavy (non-hydrogen) atoms. The second kappa shape index (κ2) is 7.15. The molecule has 1 heterocycles. The molecule has 0 radical (unpaired) electrons. The fraction of sp³-hybridized carbons (Fsp3) is 0.400. The molecular formula is C15H17BClNO5. The third-order valence-electron chi connectivity index (χ3n) is 3.43. The van der Waals surface area contributed by atoms with Crippen molar-refractivity contribution in [2.75, 3.05) is 20.1 Å². The van der Waals surface area contributed by atoms with Crippen LogP contribution in [0.3, 0.4) is 0 Å². The van der Waals surface area contributed by atoms with E-state index in [2.05, 4.69) is 0 Å². The second-order valence-electron chi connectivity index (χ2n) is 5.60. The Bertz CT molecular complexity index is 631. The third kappa shape index (κ3) is 4.33. The molecule has 1 aromatic carbocycles. The van der Waals surface area contributed by atoms with Crippen LogP contribution in [0.2, 0.25) is 0 Å². The standard InChI is InChI=1S/C15H17BClNO5/c1-9-4-5-11(10(2)6-9)14(21)15(17)16-22-12(19)7-18(3)8-13(20)23-16/h4-6,15H,7-8H2,1-3H3/t15-/m0/s1. The van der Waals surface area contributed by atoms with Crippen molar-refractivity contribution in [1.82, 2.24) is 4.90 Å². The van der Waals surface area contributed by atoms with E-state index >= 15 is 0 Å². The number of carbonyl (C=O) groups excluding carboxylic acids is 3. The van der Waals surface area contributed by atoms with Gasteiger partial charge in [0, 0.05) is 5.56 Å². The van der Waals surface area contributed by atoms with Crippen molar-refractivity contribution >= 4 is 36.4 Å². The first-order valence-electron chi connectivity index (χ1n) is 7.11. The van der Waals surface area contributed by atoms with Crippen molar-refractivity contribution in [3.63, 3.8) is 0 Å². The van der Waals surface area contributed by atoms with E-state index in [9.17, 15) is 14.4 Å². The summed E-state index contributed by atoms with van der Waals surface area (Å²) in [4.78, 5) is 37.4. The number of carbonyl (C=O) groups is 3. The van der Waals surface area contributed by atoms with Crippen molar-refractivity contribution in [3.05, 3.63) is 34.9 Å². The van der Waals surface area contributed by atoms with Crippen molar-refractivity contribution in [2.45, 2.75) is 19.1 Å². The number of ketones is 1. The number of halogens is 1. The Morgan fingerprint density at radius 2 is 1.78 bits per heavy atom. The molecule has 1 aliphatic heterocycles. The van der Waals surface area contributed by atoms with Crippen molar-refractivity contribution < 1.29 is 23.7 Å². The predicted octanol–water partition coefficient (Wildman–Crippen LogP) is 1.15. The monoisotopic (exact) mass is 337 g/mol. The minimum absolute atomic E-state index is 0.0764. The summed E-state index contributed by atoms with van der Waals surface area (Å²) < 4.78 is 10.0. The molecule has 1 saturated heterocycles. The number of hydrogen-bond acceptors (Lipinski definition) is 6. The average Bonchev–Trinajstić information content (AvgIpc) is 2.43. The van der Waals surface area contributed by atoms with Gasteiger partial charge < -0.3 is 9.31 Å². The van der Waals surface area contributed by atoms with E-state index in [1.807, 2.05) is 13.0 Å². The Labute approximate surface area is 139 Å². The Hall–Kier alpha value is -1.86. The van der Waals surface area contributed by atoms with Gasteiger partial charge in [0.25, 0.3) is 0 Å². The highest BCUT2D eigenvalue weighted by Gasteiger charge is 2.43. The molecule has 0 N–H and O–H groups in total. The van der Waals surface area contributed by atoms with E-state index in [0.29, 0.717) is 5.56 Å². The summed E-state index contributed by atoms with van der Waals surface area (Å²) in [6.45, 7) is 3.54. The van der Waals surface area contributed by atoms with E-state index in [1.165, 1.54) is 4.90 Å². The predicted molar refractivity (Wildman–Crippen MR) is 85.3 cm³/mol. The molecule has 122 valence electrons. The molecule has 1 atom stereocenters. The molecule has 2 rings (SSSR count). The summed E-state index contributed by atoms with van der Waals surface area (Å²) in [5.41, 5.74) is 2.17. The Morgan fingerprint density at radius 3 is 2.30 bits per heavy atom. The lowest BCUT2D eigenvalue weighted by Gasteiger charge is -2.24. The van der Waals surface area contributed by atoms with Crippen LogP contribution in [0, 0.1) is 13.8 Å². The third-order valence-corrected chi connectivity index (χ3v) is 3.83. The molecule has 6 nitrogen and oxygen atoms in total. The van der Waals surface area contributed by atoms with Crippen LogP contribution in [-0.2, 0) is 18.9 Å². The van der Waals surface area contributed by atoms with E-state index in [4.69, 9.17) is 20.9 Å². The van der Waals surface area contributed by atoms with Gasteiger partial charge >= 0.3 is 19.1 Å². The zero-order chi connectivity index (χ0) is 17.1. The number of nitrogens with zero attached hydrogens (tertiary/aromatic N) is 1. The summed E-state index contributed by atoms with van der Waals surface area (Å²) in [6.07, 6.45) is 0. The molecule has 0 aliphatic carbocycles. The summed E-state index contributed by atoms with van der Waals surface area (Å²) in [7, 11) is 0.153. The summed E-state index contributed by atoms with van der Waals surface area (Å²) in [5.74, 6) is -1.67. The molecule has 0 saturated carbocycles. The number of alkyl halides is 1. The number of hydrogen-bond donors (Lipinski definition) is 0. The normalized spacial score (nSPS) is 17.8. The van der Waals surface area contributed by atoms with E-state index in [0.717, 1.165) is 11.1 Å². The molecule has 0 unspecified atom stereocenters. The zero-order valence-electron chi connectivity index (χ0n) is 13.2. The van der Waals surface area contributed by atoms with Gasteiger partial charge in [0.1, 0.15) is 0 Å². The summed E-state index contributed by atoms with van der Waals surface area (Å²) >= 11 is 6.13. The Morgan fingerprint density at radius 1 is 1.22 bits per heavy atom. The average molecular weight is 338 g/mol. The van der Waals surface area contributed by atoms with Crippen LogP contribution in [-0.4, -0.2) is 55.2 Å². The zero-order valence-corrected chi connectivity index (χ0v) is 13.9. The van der Waals surface area contributed by atoms with Crippen LogP contribution in [0.15, 0.2) is 18.2 Å². The highest BCUT2D eigenvalue weighted by molar-refractivity contribution is 6.69. The second-order valence-corrected chi connectivity index (χ2v) is 6.07. The topological polar surface area (TPSA) is 72.9 Å². The first-order chi connectivity index (χ1) is 10.8. The number of benzene rings is 1. The number of Topliss-reactive ketones (excluding diaryl/α,β-unsaturated/α-hetero) is 1. The molecule has 0 bridgehead atoms. The minimum atomic E-state index is -1.43. The maximum absolute atomic E-state index is 12.5. The van der Waals surface area contributed by atoms with Crippen LogP contribution >= 0.6 is 11.6 Å². The Kier molecular flexibility index (Phi) is 5.44. The smallest absolute Gasteiger partial charge is 0.497 e. The minimum Gasteiger partial charge on any atom is -0.497 e. The quantitative estimate of drug-likeness (QED) is 0.468. The molecule has 1 aliphatic rings. The SMILES string of the molecule is Cc1ccc(C(=O)[C@H](Cl)B2OC(=O)CN(C)CC(=O)O2)c(C)c1. The van der Waals surface area contributed by atoms with E-state index in [-0.39, 0.29) is 13.1 Å². The van der Waals surface area contributed by atoms with Gasteiger partial charge in [0.2, 0.25) is 0 Å². The molecular weight excluding hydrogens is 320 g/mol. The summed E-state index contributed by atoms with van der Waals surface area (Å²) in [6, 6.07) is 5.29. The molecule has 1 aromatic rings. The van der Waals surface area contributed by atoms with Gasteiger partial charge in [0.15, 0.2) is 11.1 Å². The first-order valence-corrected chi connectivity index (χ1v) is 7.54. The maximum Gasteiger partial charge on any atom is 0.626 e. The molecule has 1 fully saturated rings. The molecule has 8 heteroatoms. The molecule has 0 amide bonds. The van der Waals surface area contributed by atoms with Crippen LogP contribution < -0.4 is 0 Å². The van der Waals surface area contributed by atoms with Crippen molar-refractivity contribution in [1.29, 1.82) is 0 Å². The van der Waals surface area contributed by atoms with E-state index < -0.39 is 30.1 Å². The van der Waals surface area contributed by atoms with Crippen LogP contribution in [0.4, 0.5) is 0 Å². The van der Waals surface area contributed by atoms with Gasteiger partial charge in [-0.1, -0.05) is 23.8 Å². The van der Waals surface area contributed by atoms with Crippen LogP contribution in [0.1, 0.15) is 21.5 Å². The lowest BCUT2D eigenvalue weighted by atomic mass is 9.78. The van der Waals surface area contributed by atoms with E-state index in [1.54, 1.807) is 26.1 Å². The highest BCUT2D eigenvalue weighted by atomic mass is 35.5. The number of likely N-dealkylation sites (N-methyl/N-ethyl adjacent to an activating group) is 1. The lowest BCUT2D eigenvalue weighted by molar-refractivity contribution is -0.145. The first kappa shape index (κ1) is 17.5. The van der Waals surface area contributed by atoms with Crippen LogP contribution in [0.5, 0.6) is 0 Å². The maximum atomic E-state index is 12.5. The van der Waals surface area contributed by atoms with Gasteiger partial charge in [-0.3, -0.25) is 19.3 Å². The van der Waals surface area contributed by atoms with Crippen molar-refractivity contribution in [2.24, 2.45) is 0 Å². The largest absolute Gasteiger partial charge is 0.626 e. The lowest BCUT2D eigenvalue weighted by Crippen LogP contribution is -2.48. The fourth-order valence-corrected chi connectivity index (χ4v) is 2.56. The fourth-order valence-electron chi connectivity index (χ4n) is 2.34. The number of aryl methyl sites for hydroxylation is 2.